The maximum atomic E-state index is 11.8. The summed E-state index contributed by atoms with van der Waals surface area (Å²) in [6, 6.07) is 3.99. The van der Waals surface area contributed by atoms with E-state index in [0.29, 0.717) is 11.8 Å². The van der Waals surface area contributed by atoms with Gasteiger partial charge in [-0.05, 0) is 17.7 Å². The van der Waals surface area contributed by atoms with Crippen molar-refractivity contribution in [1.82, 2.24) is 0 Å². The summed E-state index contributed by atoms with van der Waals surface area (Å²) in [5.74, 6) is -0.343. The Morgan fingerprint density at radius 1 is 1.25 bits per heavy atom. The van der Waals surface area contributed by atoms with Gasteiger partial charge >= 0.3 is 6.36 Å². The predicted octanol–water partition coefficient (Wildman–Crippen LogP) is 2.21. The second-order valence-corrected chi connectivity index (χ2v) is 2.78. The molecule has 0 aliphatic carbocycles. The Kier molecular flexibility index (Phi) is 5.26. The molecule has 0 saturated heterocycles. The number of ether oxygens (including phenoxy) is 1. The lowest BCUT2D eigenvalue weighted by Crippen LogP contribution is -2.17. The number of aldehydes is 1. The fourth-order valence-corrected chi connectivity index (χ4v) is 0.970. The number of alkyl halides is 3. The summed E-state index contributed by atoms with van der Waals surface area (Å²) < 4.78 is 38.9. The van der Waals surface area contributed by atoms with Crippen molar-refractivity contribution in [3.8, 4) is 5.75 Å². The van der Waals surface area contributed by atoms with E-state index in [9.17, 15) is 18.0 Å². The van der Waals surface area contributed by atoms with Crippen LogP contribution in [-0.4, -0.2) is 12.6 Å². The van der Waals surface area contributed by atoms with Gasteiger partial charge in [0.1, 0.15) is 12.0 Å². The number of carbonyl (C=O) groups is 1. The third-order valence-corrected chi connectivity index (χ3v) is 1.65. The van der Waals surface area contributed by atoms with Crippen molar-refractivity contribution in [1.29, 1.82) is 0 Å². The number of carbonyl (C=O) groups excluding carboxylic acids is 1. The number of benzene rings is 1. The van der Waals surface area contributed by atoms with Crippen LogP contribution in [0.2, 0.25) is 0 Å². The maximum absolute atomic E-state index is 11.8. The quantitative estimate of drug-likeness (QED) is 0.843. The molecule has 0 spiro atoms. The average molecular weight is 256 g/mol. The molecule has 0 saturated carbocycles. The van der Waals surface area contributed by atoms with Gasteiger partial charge in [-0.25, -0.2) is 0 Å². The molecule has 16 heavy (non-hydrogen) atoms. The van der Waals surface area contributed by atoms with Crippen molar-refractivity contribution in [2.75, 3.05) is 0 Å². The first-order valence-electron chi connectivity index (χ1n) is 3.99. The van der Waals surface area contributed by atoms with Crippen LogP contribution in [0.15, 0.2) is 24.3 Å². The van der Waals surface area contributed by atoms with E-state index in [4.69, 9.17) is 5.73 Å². The van der Waals surface area contributed by atoms with Crippen molar-refractivity contribution in [2.24, 2.45) is 5.73 Å². The first kappa shape index (κ1) is 14.7. The minimum absolute atomic E-state index is 0. The van der Waals surface area contributed by atoms with Gasteiger partial charge in [-0.3, -0.25) is 0 Å². The molecule has 1 aromatic rings. The summed E-state index contributed by atoms with van der Waals surface area (Å²) in [6.07, 6.45) is -4.21. The number of halogens is 4. The molecular weight excluding hydrogens is 247 g/mol. The first-order valence-corrected chi connectivity index (χ1v) is 3.99. The smallest absolute Gasteiger partial charge is 0.406 e. The number of hydrogen-bond donors (Lipinski definition) is 1. The zero-order chi connectivity index (χ0) is 11.5. The van der Waals surface area contributed by atoms with Crippen LogP contribution in [0.1, 0.15) is 11.6 Å². The SMILES string of the molecule is Cl.NC(C=O)c1ccc(OC(F)(F)F)cc1. The van der Waals surface area contributed by atoms with Crippen molar-refractivity contribution >= 4 is 18.7 Å². The topological polar surface area (TPSA) is 52.3 Å². The fraction of sp³-hybridized carbons (Fsp3) is 0.222. The number of nitrogens with two attached hydrogens (primary N) is 1. The highest BCUT2D eigenvalue weighted by Crippen LogP contribution is 2.23. The lowest BCUT2D eigenvalue weighted by atomic mass is 10.1. The summed E-state index contributed by atoms with van der Waals surface area (Å²) in [5, 5.41) is 0. The van der Waals surface area contributed by atoms with Gasteiger partial charge in [-0.15, -0.1) is 25.6 Å². The van der Waals surface area contributed by atoms with Gasteiger partial charge in [0, 0.05) is 0 Å². The van der Waals surface area contributed by atoms with Crippen LogP contribution in [0.3, 0.4) is 0 Å². The molecular formula is C9H9ClF3NO2. The molecule has 1 rings (SSSR count). The van der Waals surface area contributed by atoms with Crippen LogP contribution in [0.4, 0.5) is 13.2 Å². The van der Waals surface area contributed by atoms with E-state index in [0.717, 1.165) is 12.1 Å². The maximum Gasteiger partial charge on any atom is 0.573 e. The molecule has 0 aliphatic heterocycles. The molecule has 0 fully saturated rings. The summed E-state index contributed by atoms with van der Waals surface area (Å²) in [5.41, 5.74) is 5.77. The van der Waals surface area contributed by atoms with Crippen LogP contribution in [0, 0.1) is 0 Å². The molecule has 0 aliphatic rings. The van der Waals surface area contributed by atoms with Crippen LogP contribution >= 0.6 is 12.4 Å². The zero-order valence-electron chi connectivity index (χ0n) is 7.90. The van der Waals surface area contributed by atoms with E-state index >= 15 is 0 Å². The summed E-state index contributed by atoms with van der Waals surface area (Å²) in [6.45, 7) is 0. The largest absolute Gasteiger partial charge is 0.573 e. The Morgan fingerprint density at radius 2 is 1.75 bits per heavy atom. The van der Waals surface area contributed by atoms with Gasteiger partial charge in [-0.2, -0.15) is 0 Å². The second-order valence-electron chi connectivity index (χ2n) is 2.78. The molecule has 7 heteroatoms. The molecule has 1 aromatic carbocycles. The molecule has 1 unspecified atom stereocenters. The minimum atomic E-state index is -4.71. The highest BCUT2D eigenvalue weighted by Gasteiger charge is 2.30. The van der Waals surface area contributed by atoms with Crippen molar-refractivity contribution in [2.45, 2.75) is 12.4 Å². The van der Waals surface area contributed by atoms with Crippen molar-refractivity contribution < 1.29 is 22.7 Å². The third-order valence-electron chi connectivity index (χ3n) is 1.65. The second kappa shape index (κ2) is 5.72. The van der Waals surface area contributed by atoms with Crippen molar-refractivity contribution in [3.05, 3.63) is 29.8 Å². The summed E-state index contributed by atoms with van der Waals surface area (Å²) in [7, 11) is 0. The fourth-order valence-electron chi connectivity index (χ4n) is 0.970. The van der Waals surface area contributed by atoms with Crippen molar-refractivity contribution in [3.63, 3.8) is 0 Å². The Balaban J connectivity index is 0.00000225. The standard InChI is InChI=1S/C9H8F3NO2.ClH/c10-9(11,12)15-7-3-1-6(2-4-7)8(13)5-14;/h1-5,8H,13H2;1H. The van der Waals surface area contributed by atoms with E-state index in [1.807, 2.05) is 0 Å². The summed E-state index contributed by atoms with van der Waals surface area (Å²) in [4.78, 5) is 10.3. The van der Waals surface area contributed by atoms with Gasteiger partial charge in [0.05, 0.1) is 6.04 Å². The van der Waals surface area contributed by atoms with Gasteiger partial charge in [-0.1, -0.05) is 12.1 Å². The minimum Gasteiger partial charge on any atom is -0.406 e. The van der Waals surface area contributed by atoms with E-state index in [1.54, 1.807) is 0 Å². The number of hydrogen-bond acceptors (Lipinski definition) is 3. The van der Waals surface area contributed by atoms with E-state index in [-0.39, 0.29) is 18.2 Å². The van der Waals surface area contributed by atoms with Crippen LogP contribution in [0.5, 0.6) is 5.75 Å². The lowest BCUT2D eigenvalue weighted by Gasteiger charge is -2.09. The Labute approximate surface area is 95.8 Å². The molecule has 0 bridgehead atoms. The normalized spacial score (nSPS) is 12.5. The van der Waals surface area contributed by atoms with Gasteiger partial charge in [0.15, 0.2) is 0 Å². The molecule has 0 radical (unpaired) electrons. The average Bonchev–Trinajstić information content (AvgIpc) is 2.15. The molecule has 1 atom stereocenters. The van der Waals surface area contributed by atoms with Crippen LogP contribution in [0.25, 0.3) is 0 Å². The Hall–Kier alpha value is -1.27. The van der Waals surface area contributed by atoms with Gasteiger partial charge < -0.3 is 15.3 Å². The van der Waals surface area contributed by atoms with Gasteiger partial charge in [0.2, 0.25) is 0 Å². The monoisotopic (exact) mass is 255 g/mol. The zero-order valence-corrected chi connectivity index (χ0v) is 8.72. The van der Waals surface area contributed by atoms with Crippen LogP contribution < -0.4 is 10.5 Å². The third kappa shape index (κ3) is 4.50. The predicted molar refractivity (Wildman–Crippen MR) is 53.4 cm³/mol. The summed E-state index contributed by atoms with van der Waals surface area (Å²) >= 11 is 0. The molecule has 2 N–H and O–H groups in total. The van der Waals surface area contributed by atoms with Gasteiger partial charge in [0.25, 0.3) is 0 Å². The van der Waals surface area contributed by atoms with Crippen LogP contribution in [-0.2, 0) is 4.79 Å². The molecule has 0 amide bonds. The highest BCUT2D eigenvalue weighted by atomic mass is 35.5. The lowest BCUT2D eigenvalue weighted by molar-refractivity contribution is -0.274. The molecule has 3 nitrogen and oxygen atoms in total. The van der Waals surface area contributed by atoms with E-state index < -0.39 is 12.4 Å². The molecule has 0 aromatic heterocycles. The molecule has 0 heterocycles. The van der Waals surface area contributed by atoms with E-state index in [1.165, 1.54) is 12.1 Å². The first-order chi connectivity index (χ1) is 6.92. The molecule has 90 valence electrons. The number of rotatable bonds is 3. The Bertz CT molecular complexity index is 340. The highest BCUT2D eigenvalue weighted by molar-refractivity contribution is 5.85. The Morgan fingerprint density at radius 3 is 2.12 bits per heavy atom. The van der Waals surface area contributed by atoms with E-state index in [2.05, 4.69) is 4.74 Å².